The van der Waals surface area contributed by atoms with Gasteiger partial charge in [0.1, 0.15) is 0 Å². The van der Waals surface area contributed by atoms with E-state index in [1.54, 1.807) is 0 Å². The van der Waals surface area contributed by atoms with E-state index in [1.165, 1.54) is 0 Å². The zero-order chi connectivity index (χ0) is 12.4. The van der Waals surface area contributed by atoms with Gasteiger partial charge < -0.3 is 9.11 Å². The minimum Gasteiger partial charge on any atom is -0.735 e. The average molecular weight is 318 g/mol. The molecule has 0 unspecified atom stereocenters. The van der Waals surface area contributed by atoms with Crippen LogP contribution in [-0.4, -0.2) is 38.0 Å². The summed E-state index contributed by atoms with van der Waals surface area (Å²) in [6.07, 6.45) is 1.31. The number of rotatable bonds is 4. The van der Waals surface area contributed by atoms with Crippen molar-refractivity contribution in [2.45, 2.75) is 37.8 Å². The van der Waals surface area contributed by atoms with Gasteiger partial charge in [-0.2, -0.15) is 0 Å². The molecule has 96 valence electrons. The molecule has 1 saturated carbocycles. The van der Waals surface area contributed by atoms with Crippen LogP contribution in [0.5, 0.6) is 0 Å². The second kappa shape index (κ2) is 8.90. The predicted octanol–water partition coefficient (Wildman–Crippen LogP) is -7.59. The van der Waals surface area contributed by atoms with Crippen LogP contribution in [0.15, 0.2) is 0 Å². The van der Waals surface area contributed by atoms with Gasteiger partial charge in [0.2, 0.25) is 0 Å². The molecule has 1 rings (SSSR count). The molecular formula is C6H12N2Na2O6S2. The number of nitrogens with one attached hydrogen (secondary N) is 2. The Balaban J connectivity index is 0. The third kappa shape index (κ3) is 10.5. The Morgan fingerprint density at radius 1 is 0.722 bits per heavy atom. The van der Waals surface area contributed by atoms with E-state index in [0.29, 0.717) is 25.7 Å². The van der Waals surface area contributed by atoms with Crippen molar-refractivity contribution in [3.8, 4) is 0 Å². The smallest absolute Gasteiger partial charge is 0.735 e. The predicted molar refractivity (Wildman–Crippen MR) is 51.7 cm³/mol. The molecule has 0 radical (unpaired) electrons. The summed E-state index contributed by atoms with van der Waals surface area (Å²) in [6, 6.07) is -0.954. The number of hydrogen-bond acceptors (Lipinski definition) is 6. The van der Waals surface area contributed by atoms with Crippen molar-refractivity contribution in [1.29, 1.82) is 0 Å². The molecule has 0 aromatic rings. The second-order valence-corrected chi connectivity index (χ2v) is 5.98. The van der Waals surface area contributed by atoms with E-state index in [4.69, 9.17) is 0 Å². The molecule has 2 N–H and O–H groups in total. The van der Waals surface area contributed by atoms with Crippen molar-refractivity contribution >= 4 is 20.6 Å². The maximum absolute atomic E-state index is 10.4. The minimum absolute atomic E-state index is 0. The largest absolute Gasteiger partial charge is 1.00 e. The average Bonchev–Trinajstić information content (AvgIpc) is 2.03. The molecular weight excluding hydrogens is 306 g/mol. The van der Waals surface area contributed by atoms with Crippen LogP contribution in [0.2, 0.25) is 0 Å². The molecule has 8 nitrogen and oxygen atoms in total. The summed E-state index contributed by atoms with van der Waals surface area (Å²) in [7, 11) is -8.95. The molecule has 0 heterocycles. The Morgan fingerprint density at radius 3 is 1.11 bits per heavy atom. The van der Waals surface area contributed by atoms with Gasteiger partial charge in [0, 0.05) is 12.1 Å². The van der Waals surface area contributed by atoms with E-state index in [0.717, 1.165) is 0 Å². The quantitative estimate of drug-likeness (QED) is 0.390. The molecule has 0 bridgehead atoms. The molecule has 0 saturated heterocycles. The molecule has 1 aliphatic carbocycles. The van der Waals surface area contributed by atoms with Crippen LogP contribution in [0.3, 0.4) is 0 Å². The van der Waals surface area contributed by atoms with Crippen molar-refractivity contribution in [2.24, 2.45) is 0 Å². The van der Waals surface area contributed by atoms with Gasteiger partial charge in [-0.25, -0.2) is 26.3 Å². The summed E-state index contributed by atoms with van der Waals surface area (Å²) >= 11 is 0. The van der Waals surface area contributed by atoms with Crippen molar-refractivity contribution in [3.05, 3.63) is 0 Å². The van der Waals surface area contributed by atoms with Crippen LogP contribution in [0.1, 0.15) is 25.7 Å². The first kappa shape index (κ1) is 22.0. The normalized spacial score (nSPS) is 24.8. The maximum Gasteiger partial charge on any atom is 1.00 e. The molecule has 0 atom stereocenters. The Labute approximate surface area is 151 Å². The molecule has 1 aliphatic rings. The van der Waals surface area contributed by atoms with Crippen LogP contribution in [0.25, 0.3) is 0 Å². The van der Waals surface area contributed by atoms with Gasteiger partial charge in [-0.1, -0.05) is 0 Å². The van der Waals surface area contributed by atoms with Gasteiger partial charge >= 0.3 is 59.1 Å². The van der Waals surface area contributed by atoms with E-state index in [9.17, 15) is 25.9 Å². The van der Waals surface area contributed by atoms with Crippen LogP contribution in [0.4, 0.5) is 0 Å². The van der Waals surface area contributed by atoms with E-state index in [2.05, 4.69) is 0 Å². The van der Waals surface area contributed by atoms with Gasteiger partial charge in [-0.05, 0) is 25.7 Å². The van der Waals surface area contributed by atoms with Crippen molar-refractivity contribution < 1.29 is 85.1 Å². The third-order valence-corrected chi connectivity index (χ3v) is 3.59. The molecule has 18 heavy (non-hydrogen) atoms. The van der Waals surface area contributed by atoms with Crippen LogP contribution < -0.4 is 68.6 Å². The summed E-state index contributed by atoms with van der Waals surface area (Å²) < 4.78 is 66.1. The van der Waals surface area contributed by atoms with Crippen LogP contribution in [-0.2, 0) is 20.6 Å². The number of hydrogen-bond donors (Lipinski definition) is 2. The van der Waals surface area contributed by atoms with Crippen molar-refractivity contribution in [3.63, 3.8) is 0 Å². The van der Waals surface area contributed by atoms with Crippen molar-refractivity contribution in [1.82, 2.24) is 9.44 Å². The van der Waals surface area contributed by atoms with Gasteiger partial charge in [-0.3, -0.25) is 0 Å². The maximum atomic E-state index is 10.4. The SMILES string of the molecule is O=S(=O)([O-])NC1CCC(NS(=O)(=O)[O-])CC1.[Na+].[Na+]. The first-order valence-electron chi connectivity index (χ1n) is 4.62. The molecule has 0 spiro atoms. The fraction of sp³-hybridized carbons (Fsp3) is 1.00. The zero-order valence-electron chi connectivity index (χ0n) is 10.2. The van der Waals surface area contributed by atoms with Gasteiger partial charge in [-0.15, -0.1) is 0 Å². The van der Waals surface area contributed by atoms with Crippen LogP contribution in [0, 0.1) is 0 Å². The van der Waals surface area contributed by atoms with E-state index >= 15 is 0 Å². The molecule has 0 aliphatic heterocycles. The van der Waals surface area contributed by atoms with Gasteiger partial charge in [0.05, 0.1) is 0 Å². The van der Waals surface area contributed by atoms with Gasteiger partial charge in [0.15, 0.2) is 20.6 Å². The Hall–Kier alpha value is 1.74. The first-order chi connectivity index (χ1) is 7.16. The van der Waals surface area contributed by atoms with Gasteiger partial charge in [0.25, 0.3) is 0 Å². The Bertz CT molecular complexity index is 389. The first-order valence-corrected chi connectivity index (χ1v) is 7.44. The zero-order valence-corrected chi connectivity index (χ0v) is 15.9. The third-order valence-electron chi connectivity index (χ3n) is 2.35. The van der Waals surface area contributed by atoms with E-state index < -0.39 is 32.7 Å². The molecule has 12 heteroatoms. The molecule has 0 amide bonds. The summed E-state index contributed by atoms with van der Waals surface area (Å²) in [6.45, 7) is 0. The fourth-order valence-corrected chi connectivity index (χ4v) is 3.03. The monoisotopic (exact) mass is 318 g/mol. The summed E-state index contributed by atoms with van der Waals surface area (Å²) in [5.74, 6) is 0. The summed E-state index contributed by atoms with van der Waals surface area (Å²) in [5, 5.41) is 0. The second-order valence-electron chi connectivity index (χ2n) is 3.69. The molecule has 0 aromatic carbocycles. The topological polar surface area (TPSA) is 138 Å². The Morgan fingerprint density at radius 2 is 0.944 bits per heavy atom. The van der Waals surface area contributed by atoms with E-state index in [-0.39, 0.29) is 59.1 Å². The fourth-order valence-electron chi connectivity index (χ4n) is 1.74. The minimum atomic E-state index is -4.48. The summed E-state index contributed by atoms with van der Waals surface area (Å²) in [5.41, 5.74) is 0. The molecule has 0 aromatic heterocycles. The van der Waals surface area contributed by atoms with Crippen molar-refractivity contribution in [2.75, 3.05) is 0 Å². The summed E-state index contributed by atoms with van der Waals surface area (Å²) in [4.78, 5) is 0. The van der Waals surface area contributed by atoms with E-state index in [1.807, 2.05) is 9.44 Å². The van der Waals surface area contributed by atoms with Crippen LogP contribution >= 0.6 is 0 Å². The standard InChI is InChI=1S/C6H14N2O6S2.2Na/c9-15(10,11)7-5-1-2-6(4-3-5)8-16(12,13)14;;/h5-8H,1-4H2,(H,9,10,11)(H,12,13,14);;/q;2*+1/p-2. The molecule has 1 fully saturated rings. The Kier molecular flexibility index (Phi) is 10.9.